The third kappa shape index (κ3) is 4.71. The molecule has 0 unspecified atom stereocenters. The minimum Gasteiger partial charge on any atom is -0.347 e. The summed E-state index contributed by atoms with van der Waals surface area (Å²) in [4.78, 5) is 18.7. The van der Waals surface area contributed by atoms with E-state index in [2.05, 4.69) is 48.6 Å². The summed E-state index contributed by atoms with van der Waals surface area (Å²) in [7, 11) is 0. The molecular formula is C23H29N3OS. The average molecular weight is 396 g/mol. The van der Waals surface area contributed by atoms with Gasteiger partial charge >= 0.3 is 0 Å². The van der Waals surface area contributed by atoms with Gasteiger partial charge in [-0.2, -0.15) is 0 Å². The van der Waals surface area contributed by atoms with E-state index in [1.807, 2.05) is 41.9 Å². The fraction of sp³-hybridized carbons (Fsp3) is 0.391. The third-order valence-corrected chi connectivity index (χ3v) is 5.63. The second kappa shape index (κ2) is 8.74. The fourth-order valence-corrected chi connectivity index (χ4v) is 4.07. The Kier molecular flexibility index (Phi) is 6.35. The number of nitrogens with one attached hydrogen (secondary N) is 1. The number of amides is 1. The van der Waals surface area contributed by atoms with Crippen LogP contribution in [0.2, 0.25) is 0 Å². The van der Waals surface area contributed by atoms with Crippen LogP contribution in [-0.2, 0) is 24.9 Å². The number of hydrogen-bond acceptors (Lipinski definition) is 3. The number of carbonyl (C=O) groups excluding carboxylic acids is 1. The van der Waals surface area contributed by atoms with Gasteiger partial charge in [0.15, 0.2) is 0 Å². The van der Waals surface area contributed by atoms with Gasteiger partial charge in [0.05, 0.1) is 24.3 Å². The smallest absolute Gasteiger partial charge is 0.253 e. The van der Waals surface area contributed by atoms with Crippen LogP contribution in [0.3, 0.4) is 0 Å². The van der Waals surface area contributed by atoms with Gasteiger partial charge in [-0.25, -0.2) is 0 Å². The van der Waals surface area contributed by atoms with Gasteiger partial charge in [0.1, 0.15) is 0 Å². The first kappa shape index (κ1) is 20.3. The second-order valence-corrected chi connectivity index (χ2v) is 9.09. The van der Waals surface area contributed by atoms with Gasteiger partial charge in [-0.3, -0.25) is 9.78 Å². The number of hydrogen-bond donors (Lipinski definition) is 1. The molecule has 0 atom stereocenters. The summed E-state index contributed by atoms with van der Waals surface area (Å²) in [5.41, 5.74) is 4.00. The molecule has 148 valence electrons. The molecule has 5 heteroatoms. The first-order valence-corrected chi connectivity index (χ1v) is 10.7. The number of pyridine rings is 1. The molecule has 28 heavy (non-hydrogen) atoms. The molecule has 0 aliphatic carbocycles. The van der Waals surface area contributed by atoms with E-state index in [1.165, 1.54) is 5.69 Å². The maximum Gasteiger partial charge on any atom is 0.253 e. The van der Waals surface area contributed by atoms with Gasteiger partial charge < -0.3 is 9.88 Å². The number of carbonyl (C=O) groups is 1. The lowest BCUT2D eigenvalue weighted by atomic mass is 9.91. The molecule has 0 aromatic carbocycles. The van der Waals surface area contributed by atoms with E-state index in [9.17, 15) is 4.79 Å². The molecule has 0 bridgehead atoms. The summed E-state index contributed by atoms with van der Waals surface area (Å²) in [6.07, 6.45) is 3.68. The molecule has 0 radical (unpaired) electrons. The van der Waals surface area contributed by atoms with Crippen molar-refractivity contribution in [2.75, 3.05) is 0 Å². The van der Waals surface area contributed by atoms with Crippen molar-refractivity contribution in [2.45, 2.75) is 59.0 Å². The first-order chi connectivity index (χ1) is 13.4. The van der Waals surface area contributed by atoms with Crippen molar-refractivity contribution >= 4 is 17.2 Å². The number of aromatic nitrogens is 2. The zero-order chi connectivity index (χ0) is 20.1. The molecular weight excluding hydrogens is 366 g/mol. The Morgan fingerprint density at radius 2 is 2.04 bits per heavy atom. The summed E-state index contributed by atoms with van der Waals surface area (Å²) < 4.78 is 2.30. The Labute approximate surface area is 171 Å². The minimum absolute atomic E-state index is 0.00196. The van der Waals surface area contributed by atoms with Crippen LogP contribution in [-0.4, -0.2) is 15.5 Å². The highest BCUT2D eigenvalue weighted by Gasteiger charge is 2.26. The van der Waals surface area contributed by atoms with E-state index in [0.29, 0.717) is 13.1 Å². The lowest BCUT2D eigenvalue weighted by Gasteiger charge is -2.23. The predicted octanol–water partition coefficient (Wildman–Crippen LogP) is 5.17. The molecule has 0 fully saturated rings. The maximum absolute atomic E-state index is 13.0. The molecule has 0 aliphatic rings. The van der Waals surface area contributed by atoms with Gasteiger partial charge in [0.25, 0.3) is 5.91 Å². The zero-order valence-electron chi connectivity index (χ0n) is 17.2. The van der Waals surface area contributed by atoms with Crippen molar-refractivity contribution in [3.8, 4) is 0 Å². The van der Waals surface area contributed by atoms with Gasteiger partial charge in [-0.05, 0) is 36.1 Å². The highest BCUT2D eigenvalue weighted by atomic mass is 32.1. The Morgan fingerprint density at radius 1 is 1.21 bits per heavy atom. The zero-order valence-corrected chi connectivity index (χ0v) is 18.0. The molecule has 0 saturated heterocycles. The number of thiophene rings is 1. The van der Waals surface area contributed by atoms with Crippen LogP contribution < -0.4 is 5.32 Å². The Morgan fingerprint density at radius 3 is 2.64 bits per heavy atom. The van der Waals surface area contributed by atoms with E-state index >= 15 is 0 Å². The molecule has 1 N–H and O–H groups in total. The van der Waals surface area contributed by atoms with Gasteiger partial charge in [-0.15, -0.1) is 11.3 Å². The highest BCUT2D eigenvalue weighted by Crippen LogP contribution is 2.29. The molecule has 3 aromatic rings. The first-order valence-electron chi connectivity index (χ1n) is 9.83. The third-order valence-electron chi connectivity index (χ3n) is 4.76. The SMILES string of the molecule is CCCc1c(C(=O)NCc2cccs2)cc(C(C)(C)C)n1Cc1ccccn1. The average Bonchev–Trinajstić information content (AvgIpc) is 3.29. The van der Waals surface area contributed by atoms with Crippen LogP contribution in [0.4, 0.5) is 0 Å². The minimum atomic E-state index is -0.0659. The Bertz CT molecular complexity index is 905. The molecule has 0 spiro atoms. The maximum atomic E-state index is 13.0. The molecule has 0 aliphatic heterocycles. The molecule has 3 aromatic heterocycles. The van der Waals surface area contributed by atoms with Crippen molar-refractivity contribution in [2.24, 2.45) is 0 Å². The summed E-state index contributed by atoms with van der Waals surface area (Å²) in [5.74, 6) is 0.00196. The summed E-state index contributed by atoms with van der Waals surface area (Å²) >= 11 is 1.66. The van der Waals surface area contributed by atoms with E-state index in [0.717, 1.165) is 34.7 Å². The van der Waals surface area contributed by atoms with Gasteiger partial charge in [-0.1, -0.05) is 46.2 Å². The lowest BCUT2D eigenvalue weighted by molar-refractivity contribution is 0.0950. The summed E-state index contributed by atoms with van der Waals surface area (Å²) in [6, 6.07) is 12.1. The molecule has 1 amide bonds. The van der Waals surface area contributed by atoms with Crippen molar-refractivity contribution < 1.29 is 4.79 Å². The predicted molar refractivity (Wildman–Crippen MR) is 116 cm³/mol. The Balaban J connectivity index is 1.97. The monoisotopic (exact) mass is 395 g/mol. The lowest BCUT2D eigenvalue weighted by Crippen LogP contribution is -2.23. The van der Waals surface area contributed by atoms with Crippen LogP contribution in [0.25, 0.3) is 0 Å². The van der Waals surface area contributed by atoms with Gasteiger partial charge in [0, 0.05) is 27.9 Å². The number of nitrogens with zero attached hydrogens (tertiary/aromatic N) is 2. The highest BCUT2D eigenvalue weighted by molar-refractivity contribution is 7.09. The topological polar surface area (TPSA) is 46.9 Å². The molecule has 3 heterocycles. The van der Waals surface area contributed by atoms with Crippen LogP contribution >= 0.6 is 11.3 Å². The molecule has 0 saturated carbocycles. The number of rotatable bonds is 7. The van der Waals surface area contributed by atoms with Crippen molar-refractivity contribution in [1.29, 1.82) is 0 Å². The van der Waals surface area contributed by atoms with E-state index in [4.69, 9.17) is 0 Å². The van der Waals surface area contributed by atoms with E-state index in [1.54, 1.807) is 11.3 Å². The standard InChI is InChI=1S/C23H29N3OS/c1-5-9-20-19(22(27)25-15-18-11-8-13-28-18)14-21(23(2,3)4)26(20)16-17-10-6-7-12-24-17/h6-8,10-14H,5,9,15-16H2,1-4H3,(H,25,27). The Hall–Kier alpha value is -2.40. The second-order valence-electron chi connectivity index (χ2n) is 8.06. The van der Waals surface area contributed by atoms with Gasteiger partial charge in [0.2, 0.25) is 0 Å². The van der Waals surface area contributed by atoms with E-state index in [-0.39, 0.29) is 11.3 Å². The van der Waals surface area contributed by atoms with Crippen LogP contribution in [0.15, 0.2) is 48.0 Å². The van der Waals surface area contributed by atoms with E-state index < -0.39 is 0 Å². The summed E-state index contributed by atoms with van der Waals surface area (Å²) in [5, 5.41) is 5.13. The van der Waals surface area contributed by atoms with Crippen LogP contribution in [0, 0.1) is 0 Å². The van der Waals surface area contributed by atoms with Crippen molar-refractivity contribution in [3.63, 3.8) is 0 Å². The van der Waals surface area contributed by atoms with Crippen molar-refractivity contribution in [1.82, 2.24) is 14.9 Å². The molecule has 3 rings (SSSR count). The normalized spacial score (nSPS) is 11.6. The quantitative estimate of drug-likeness (QED) is 0.600. The summed E-state index contributed by atoms with van der Waals surface area (Å²) in [6.45, 7) is 9.99. The fourth-order valence-electron chi connectivity index (χ4n) is 3.42. The van der Waals surface area contributed by atoms with Crippen LogP contribution in [0.1, 0.15) is 66.4 Å². The molecule has 4 nitrogen and oxygen atoms in total. The van der Waals surface area contributed by atoms with Crippen LogP contribution in [0.5, 0.6) is 0 Å². The van der Waals surface area contributed by atoms with Crippen molar-refractivity contribution in [3.05, 3.63) is 75.5 Å². The largest absolute Gasteiger partial charge is 0.347 e.